The summed E-state index contributed by atoms with van der Waals surface area (Å²) in [4.78, 5) is 0. The largest absolute Gasteiger partial charge is 0.506 e. The number of halogens is 3. The maximum atomic E-state index is 12.8. The summed E-state index contributed by atoms with van der Waals surface area (Å²) in [6, 6.07) is 7.67. The molecule has 5 heteroatoms. The number of aromatic hydroxyl groups is 2. The van der Waals surface area contributed by atoms with Gasteiger partial charge in [0.25, 0.3) is 0 Å². The van der Waals surface area contributed by atoms with Gasteiger partial charge in [0, 0.05) is 0 Å². The van der Waals surface area contributed by atoms with Crippen LogP contribution in [0.3, 0.4) is 0 Å². The summed E-state index contributed by atoms with van der Waals surface area (Å²) in [5, 5.41) is 18.3. The van der Waals surface area contributed by atoms with Crippen molar-refractivity contribution in [2.24, 2.45) is 0 Å². The van der Waals surface area contributed by atoms with Gasteiger partial charge < -0.3 is 10.2 Å². The number of aryl methyl sites for hydroxylation is 2. The van der Waals surface area contributed by atoms with Crippen LogP contribution in [0.5, 0.6) is 11.5 Å². The first kappa shape index (κ1) is 27.4. The molecule has 154 valence electrons. The van der Waals surface area contributed by atoms with E-state index in [2.05, 4.69) is 27.7 Å². The Balaban J connectivity index is 0. The van der Waals surface area contributed by atoms with Crippen molar-refractivity contribution >= 4 is 11.6 Å². The fraction of sp³-hybridized carbons (Fsp3) is 0.455. The normalized spacial score (nSPS) is 9.07. The molecular formula is C22H33ClF2O2. The quantitative estimate of drug-likeness (QED) is 0.540. The van der Waals surface area contributed by atoms with E-state index >= 15 is 0 Å². The van der Waals surface area contributed by atoms with Crippen LogP contribution in [0.25, 0.3) is 0 Å². The Bertz CT molecular complexity index is 644. The van der Waals surface area contributed by atoms with E-state index in [1.807, 2.05) is 13.0 Å². The molecule has 0 atom stereocenters. The zero-order valence-electron chi connectivity index (χ0n) is 17.2. The first-order valence-electron chi connectivity index (χ1n) is 9.36. The van der Waals surface area contributed by atoms with Crippen LogP contribution < -0.4 is 0 Å². The molecule has 0 unspecified atom stereocenters. The van der Waals surface area contributed by atoms with Crippen molar-refractivity contribution < 1.29 is 19.0 Å². The predicted molar refractivity (Wildman–Crippen MR) is 112 cm³/mol. The van der Waals surface area contributed by atoms with Crippen molar-refractivity contribution in [1.82, 2.24) is 0 Å². The van der Waals surface area contributed by atoms with Gasteiger partial charge in [-0.1, -0.05) is 78.1 Å². The summed E-state index contributed by atoms with van der Waals surface area (Å²) in [6.45, 7) is 12.3. The summed E-state index contributed by atoms with van der Waals surface area (Å²) >= 11 is 5.59. The molecule has 0 heterocycles. The zero-order chi connectivity index (χ0) is 21.4. The molecule has 0 aliphatic carbocycles. The third-order valence-electron chi connectivity index (χ3n) is 2.95. The van der Waals surface area contributed by atoms with E-state index in [0.29, 0.717) is 17.0 Å². The Kier molecular flexibility index (Phi) is 16.6. The molecule has 0 fully saturated rings. The van der Waals surface area contributed by atoms with Gasteiger partial charge in [0.2, 0.25) is 0 Å². The number of hydrogen-bond donors (Lipinski definition) is 2. The van der Waals surface area contributed by atoms with Gasteiger partial charge in [-0.2, -0.15) is 0 Å². The fourth-order valence-electron chi connectivity index (χ4n) is 1.63. The average molecular weight is 403 g/mol. The summed E-state index contributed by atoms with van der Waals surface area (Å²) in [7, 11) is 0. The highest BCUT2D eigenvalue weighted by Gasteiger charge is 2.10. The molecule has 2 nitrogen and oxygen atoms in total. The summed E-state index contributed by atoms with van der Waals surface area (Å²) in [5.41, 5.74) is 1.42. The van der Waals surface area contributed by atoms with Gasteiger partial charge in [0.1, 0.15) is 5.75 Å². The molecule has 0 aliphatic heterocycles. The Morgan fingerprint density at radius 3 is 1.74 bits per heavy atom. The van der Waals surface area contributed by atoms with E-state index in [9.17, 15) is 8.78 Å². The average Bonchev–Trinajstić information content (AvgIpc) is 2.64. The van der Waals surface area contributed by atoms with Crippen LogP contribution in [0.2, 0.25) is 5.02 Å². The molecule has 27 heavy (non-hydrogen) atoms. The van der Waals surface area contributed by atoms with Crippen LogP contribution in [-0.2, 0) is 12.8 Å². The number of rotatable bonds is 2. The van der Waals surface area contributed by atoms with Crippen LogP contribution >= 0.6 is 11.6 Å². The smallest absolute Gasteiger partial charge is 0.188 e. The molecule has 2 rings (SSSR count). The van der Waals surface area contributed by atoms with Gasteiger partial charge in [0.15, 0.2) is 17.4 Å². The molecule has 0 aliphatic rings. The molecular weight excluding hydrogens is 370 g/mol. The number of benzene rings is 2. The van der Waals surface area contributed by atoms with Crippen LogP contribution in [0.4, 0.5) is 8.78 Å². The second-order valence-electron chi connectivity index (χ2n) is 5.78. The van der Waals surface area contributed by atoms with Crippen molar-refractivity contribution in [3.8, 4) is 11.5 Å². The highest BCUT2D eigenvalue weighted by atomic mass is 35.5. The summed E-state index contributed by atoms with van der Waals surface area (Å²) in [6.07, 6.45) is 3.87. The molecule has 0 saturated carbocycles. The van der Waals surface area contributed by atoms with Gasteiger partial charge in [-0.05, 0) is 42.2 Å². The Morgan fingerprint density at radius 1 is 0.815 bits per heavy atom. The van der Waals surface area contributed by atoms with Crippen molar-refractivity contribution in [3.63, 3.8) is 0 Å². The molecule has 0 radical (unpaired) electrons. The second-order valence-corrected chi connectivity index (χ2v) is 6.18. The molecule has 2 aromatic carbocycles. The molecule has 0 aromatic heterocycles. The van der Waals surface area contributed by atoms with Gasteiger partial charge in [-0.15, -0.1) is 0 Å². The lowest BCUT2D eigenvalue weighted by Gasteiger charge is -2.01. The van der Waals surface area contributed by atoms with Gasteiger partial charge in [-0.25, -0.2) is 8.78 Å². The minimum atomic E-state index is -0.917. The maximum absolute atomic E-state index is 12.8. The monoisotopic (exact) mass is 402 g/mol. The van der Waals surface area contributed by atoms with E-state index in [0.717, 1.165) is 18.1 Å². The van der Waals surface area contributed by atoms with E-state index in [1.54, 1.807) is 19.1 Å². The van der Waals surface area contributed by atoms with E-state index in [1.165, 1.54) is 18.9 Å². The van der Waals surface area contributed by atoms with Crippen molar-refractivity contribution in [1.29, 1.82) is 0 Å². The van der Waals surface area contributed by atoms with Gasteiger partial charge in [0.05, 0.1) is 5.02 Å². The highest BCUT2D eigenvalue weighted by Crippen LogP contribution is 2.24. The molecule has 0 amide bonds. The molecule has 2 N–H and O–H groups in total. The summed E-state index contributed by atoms with van der Waals surface area (Å²) < 4.78 is 25.2. The van der Waals surface area contributed by atoms with Crippen LogP contribution in [0.15, 0.2) is 30.3 Å². The van der Waals surface area contributed by atoms with Crippen molar-refractivity contribution in [2.75, 3.05) is 0 Å². The second kappa shape index (κ2) is 16.4. The van der Waals surface area contributed by atoms with Crippen molar-refractivity contribution in [3.05, 3.63) is 58.1 Å². The number of hydrogen-bond acceptors (Lipinski definition) is 2. The topological polar surface area (TPSA) is 40.5 Å². The van der Waals surface area contributed by atoms with E-state index < -0.39 is 17.4 Å². The van der Waals surface area contributed by atoms with Gasteiger partial charge >= 0.3 is 0 Å². The van der Waals surface area contributed by atoms with Gasteiger partial charge in [-0.3, -0.25) is 0 Å². The minimum Gasteiger partial charge on any atom is -0.506 e. The zero-order valence-corrected chi connectivity index (χ0v) is 18.0. The number of phenols is 2. The predicted octanol–water partition coefficient (Wildman–Crippen LogP) is 7.67. The Morgan fingerprint density at radius 2 is 1.33 bits per heavy atom. The van der Waals surface area contributed by atoms with Crippen molar-refractivity contribution in [2.45, 2.75) is 67.2 Å². The fourth-order valence-corrected chi connectivity index (χ4v) is 1.75. The first-order chi connectivity index (χ1) is 12.7. The molecule has 0 spiro atoms. The standard InChI is InChI=1S/C8H9ClO.C8H8F2O.2C3H8/c1-2-6-3-4-7(9)8(10)5-6;1-2-5-3-4-6(9)8(11)7(5)10;2*1-3-2/h3-5,10H,2H2,1H3;3-4,11H,2H2,1H3;2*3H2,1-2H3. The van der Waals surface area contributed by atoms with Crippen LogP contribution in [0, 0.1) is 11.6 Å². The Labute approximate surface area is 167 Å². The summed E-state index contributed by atoms with van der Waals surface area (Å²) in [5.74, 6) is -2.49. The Hall–Kier alpha value is -1.81. The van der Waals surface area contributed by atoms with Crippen LogP contribution in [0.1, 0.15) is 65.5 Å². The number of phenolic OH excluding ortho intramolecular Hbond substituents is 2. The lowest BCUT2D eigenvalue weighted by Crippen LogP contribution is -1.90. The SMILES string of the molecule is CCC.CCC.CCc1ccc(Cl)c(O)c1.CCc1ccc(F)c(O)c1F. The molecule has 0 bridgehead atoms. The third-order valence-corrected chi connectivity index (χ3v) is 3.27. The first-order valence-corrected chi connectivity index (χ1v) is 9.74. The maximum Gasteiger partial charge on any atom is 0.188 e. The molecule has 0 saturated heterocycles. The molecule has 2 aromatic rings. The highest BCUT2D eigenvalue weighted by molar-refractivity contribution is 6.31. The van der Waals surface area contributed by atoms with E-state index in [-0.39, 0.29) is 5.75 Å². The minimum absolute atomic E-state index is 0.168. The van der Waals surface area contributed by atoms with E-state index in [4.69, 9.17) is 21.8 Å². The third kappa shape index (κ3) is 11.5. The lowest BCUT2D eigenvalue weighted by atomic mass is 10.1. The van der Waals surface area contributed by atoms with Crippen LogP contribution in [-0.4, -0.2) is 10.2 Å². The lowest BCUT2D eigenvalue weighted by molar-refractivity contribution is 0.393.